The van der Waals surface area contributed by atoms with Crippen molar-refractivity contribution in [3.05, 3.63) is 0 Å². The van der Waals surface area contributed by atoms with Gasteiger partial charge >= 0.3 is 0 Å². The lowest BCUT2D eigenvalue weighted by Crippen LogP contribution is -2.47. The van der Waals surface area contributed by atoms with Crippen molar-refractivity contribution in [3.8, 4) is 0 Å². The number of rotatable bonds is 2. The van der Waals surface area contributed by atoms with E-state index in [1.165, 1.54) is 0 Å². The number of primary amides is 1. The van der Waals surface area contributed by atoms with E-state index in [2.05, 4.69) is 0 Å². The number of hydrogen-bond donors (Lipinski definition) is 1. The largest absolute Gasteiger partial charge is 0.368 e. The maximum Gasteiger partial charge on any atom is 0.252 e. The van der Waals surface area contributed by atoms with Crippen molar-refractivity contribution in [2.24, 2.45) is 5.73 Å². The van der Waals surface area contributed by atoms with Crippen LogP contribution in [0.2, 0.25) is 0 Å². The van der Waals surface area contributed by atoms with E-state index in [9.17, 15) is 9.59 Å². The van der Waals surface area contributed by atoms with Gasteiger partial charge in [0.05, 0.1) is 0 Å². The summed E-state index contributed by atoms with van der Waals surface area (Å²) in [6.45, 7) is 1.28. The fraction of sp³-hybridized carbons (Fsp3) is 0.800. The number of ether oxygens (including phenoxy) is 1. The number of carbonyl (C=O) groups is 2. The Balaban J connectivity index is 2.02. The van der Waals surface area contributed by atoms with Gasteiger partial charge in [-0.1, -0.05) is 0 Å². The molecule has 5 nitrogen and oxygen atoms in total. The highest BCUT2D eigenvalue weighted by Gasteiger charge is 2.37. The first-order valence-electron chi connectivity index (χ1n) is 5.41. The number of carbonyl (C=O) groups excluding carboxylic acids is 2. The molecule has 2 fully saturated rings. The van der Waals surface area contributed by atoms with Crippen LogP contribution in [-0.2, 0) is 14.3 Å². The molecule has 84 valence electrons. The molecule has 0 spiro atoms. The first-order chi connectivity index (χ1) is 7.20. The predicted molar refractivity (Wildman–Crippen MR) is 52.9 cm³/mol. The van der Waals surface area contributed by atoms with Crippen LogP contribution in [0.4, 0.5) is 0 Å². The molecule has 2 amide bonds. The minimum absolute atomic E-state index is 0.0613. The van der Waals surface area contributed by atoms with Crippen LogP contribution in [0, 0.1) is 0 Å². The Morgan fingerprint density at radius 1 is 1.27 bits per heavy atom. The molecule has 2 aliphatic rings. The van der Waals surface area contributed by atoms with Gasteiger partial charge in [-0.25, -0.2) is 0 Å². The fourth-order valence-corrected chi connectivity index (χ4v) is 2.28. The van der Waals surface area contributed by atoms with E-state index >= 15 is 0 Å². The van der Waals surface area contributed by atoms with Crippen molar-refractivity contribution in [3.63, 3.8) is 0 Å². The molecule has 2 saturated heterocycles. The Hall–Kier alpha value is -1.10. The monoisotopic (exact) mass is 212 g/mol. The van der Waals surface area contributed by atoms with Gasteiger partial charge in [-0.15, -0.1) is 0 Å². The summed E-state index contributed by atoms with van der Waals surface area (Å²) in [7, 11) is 0. The second-order valence-corrected chi connectivity index (χ2v) is 4.09. The van der Waals surface area contributed by atoms with Crippen molar-refractivity contribution in [2.75, 3.05) is 13.2 Å². The summed E-state index contributed by atoms with van der Waals surface area (Å²) in [4.78, 5) is 24.7. The van der Waals surface area contributed by atoms with Gasteiger partial charge in [-0.3, -0.25) is 9.59 Å². The second kappa shape index (κ2) is 4.18. The lowest BCUT2D eigenvalue weighted by Gasteiger charge is -2.24. The zero-order chi connectivity index (χ0) is 10.8. The zero-order valence-electron chi connectivity index (χ0n) is 8.65. The molecule has 1 unspecified atom stereocenters. The molecule has 0 bridgehead atoms. The van der Waals surface area contributed by atoms with Gasteiger partial charge in [0, 0.05) is 13.2 Å². The lowest BCUT2D eigenvalue weighted by atomic mass is 10.2. The molecule has 2 heterocycles. The molecule has 2 atom stereocenters. The van der Waals surface area contributed by atoms with E-state index in [1.807, 2.05) is 0 Å². The number of amides is 2. The Morgan fingerprint density at radius 3 is 2.67 bits per heavy atom. The summed E-state index contributed by atoms with van der Waals surface area (Å²) in [6, 6.07) is -0.415. The molecule has 5 heteroatoms. The SMILES string of the molecule is NC(=O)C1CCCN1C(=O)[C@H]1CCCO1. The number of nitrogens with zero attached hydrogens (tertiary/aromatic N) is 1. The highest BCUT2D eigenvalue weighted by molar-refractivity contribution is 5.89. The molecule has 0 saturated carbocycles. The van der Waals surface area contributed by atoms with E-state index in [4.69, 9.17) is 10.5 Å². The highest BCUT2D eigenvalue weighted by atomic mass is 16.5. The van der Waals surface area contributed by atoms with E-state index in [0.29, 0.717) is 19.6 Å². The lowest BCUT2D eigenvalue weighted by molar-refractivity contribution is -0.145. The van der Waals surface area contributed by atoms with Gasteiger partial charge in [0.15, 0.2) is 0 Å². The van der Waals surface area contributed by atoms with Gasteiger partial charge in [0.2, 0.25) is 5.91 Å². The van der Waals surface area contributed by atoms with Crippen LogP contribution in [0.15, 0.2) is 0 Å². The van der Waals surface area contributed by atoms with Crippen LogP contribution in [0.25, 0.3) is 0 Å². The third kappa shape index (κ3) is 1.97. The van der Waals surface area contributed by atoms with E-state index < -0.39 is 11.9 Å². The molecule has 0 aliphatic carbocycles. The quantitative estimate of drug-likeness (QED) is 0.679. The third-order valence-electron chi connectivity index (χ3n) is 3.07. The molecule has 2 aliphatic heterocycles. The molecule has 15 heavy (non-hydrogen) atoms. The minimum atomic E-state index is -0.415. The smallest absolute Gasteiger partial charge is 0.252 e. The Bertz CT molecular complexity index is 274. The second-order valence-electron chi connectivity index (χ2n) is 4.09. The van der Waals surface area contributed by atoms with Crippen molar-refractivity contribution in [1.29, 1.82) is 0 Å². The highest BCUT2D eigenvalue weighted by Crippen LogP contribution is 2.22. The molecule has 0 aromatic carbocycles. The van der Waals surface area contributed by atoms with Crippen LogP contribution in [-0.4, -0.2) is 42.0 Å². The van der Waals surface area contributed by atoms with Crippen molar-refractivity contribution in [1.82, 2.24) is 4.90 Å². The Morgan fingerprint density at radius 2 is 2.07 bits per heavy atom. The number of nitrogens with two attached hydrogens (primary N) is 1. The summed E-state index contributed by atoms with van der Waals surface area (Å²) in [6.07, 6.45) is 2.89. The first-order valence-corrected chi connectivity index (χ1v) is 5.41. The third-order valence-corrected chi connectivity index (χ3v) is 3.07. The van der Waals surface area contributed by atoms with Crippen molar-refractivity contribution >= 4 is 11.8 Å². The maximum atomic E-state index is 12.0. The average Bonchev–Trinajstić information content (AvgIpc) is 2.88. The molecule has 2 N–H and O–H groups in total. The summed E-state index contributed by atoms with van der Waals surface area (Å²) in [5, 5.41) is 0. The van der Waals surface area contributed by atoms with E-state index in [0.717, 1.165) is 19.3 Å². The molecule has 2 rings (SSSR count). The number of hydrogen-bond acceptors (Lipinski definition) is 3. The van der Waals surface area contributed by atoms with Crippen molar-refractivity contribution in [2.45, 2.75) is 37.8 Å². The predicted octanol–water partition coefficient (Wildman–Crippen LogP) is -0.358. The molecular formula is C10H16N2O3. The van der Waals surface area contributed by atoms with Crippen LogP contribution >= 0.6 is 0 Å². The Kier molecular flexibility index (Phi) is 2.90. The fourth-order valence-electron chi connectivity index (χ4n) is 2.28. The molecule has 0 radical (unpaired) electrons. The van der Waals surface area contributed by atoms with Crippen molar-refractivity contribution < 1.29 is 14.3 Å². The summed E-state index contributed by atoms with van der Waals surface area (Å²) < 4.78 is 5.31. The van der Waals surface area contributed by atoms with Gasteiger partial charge in [0.1, 0.15) is 12.1 Å². The van der Waals surface area contributed by atoms with Gasteiger partial charge in [0.25, 0.3) is 5.91 Å². The molecular weight excluding hydrogens is 196 g/mol. The van der Waals surface area contributed by atoms with Gasteiger partial charge in [-0.05, 0) is 25.7 Å². The van der Waals surface area contributed by atoms with E-state index in [1.54, 1.807) is 4.90 Å². The van der Waals surface area contributed by atoms with Crippen LogP contribution < -0.4 is 5.73 Å². The summed E-state index contributed by atoms with van der Waals surface area (Å²) in [5.41, 5.74) is 5.25. The van der Waals surface area contributed by atoms with E-state index in [-0.39, 0.29) is 12.0 Å². The minimum Gasteiger partial charge on any atom is -0.368 e. The standard InChI is InChI=1S/C10H16N2O3/c11-9(13)7-3-1-5-12(7)10(14)8-4-2-6-15-8/h7-8H,1-6H2,(H2,11,13)/t7?,8-/m1/s1. The topological polar surface area (TPSA) is 72.6 Å². The van der Waals surface area contributed by atoms with Crippen LogP contribution in [0.5, 0.6) is 0 Å². The van der Waals surface area contributed by atoms with Crippen LogP contribution in [0.1, 0.15) is 25.7 Å². The van der Waals surface area contributed by atoms with Crippen LogP contribution in [0.3, 0.4) is 0 Å². The summed E-state index contributed by atoms with van der Waals surface area (Å²) >= 11 is 0. The summed E-state index contributed by atoms with van der Waals surface area (Å²) in [5.74, 6) is -0.465. The Labute approximate surface area is 88.5 Å². The zero-order valence-corrected chi connectivity index (χ0v) is 8.65. The maximum absolute atomic E-state index is 12.0. The number of likely N-dealkylation sites (tertiary alicyclic amines) is 1. The average molecular weight is 212 g/mol. The van der Waals surface area contributed by atoms with Gasteiger partial charge in [-0.2, -0.15) is 0 Å². The van der Waals surface area contributed by atoms with Gasteiger partial charge < -0.3 is 15.4 Å². The first kappa shape index (κ1) is 10.4. The molecule has 0 aromatic rings. The normalized spacial score (nSPS) is 30.8. The molecule has 0 aromatic heterocycles.